The molecule has 1 unspecified atom stereocenters. The molecule has 2 rings (SSSR count). The topological polar surface area (TPSA) is 40.6 Å². The molecule has 2 fully saturated rings. The fraction of sp³-hybridized carbons (Fsp3) is 0.857. The van der Waals surface area contributed by atoms with Crippen LogP contribution in [0.5, 0.6) is 0 Å². The summed E-state index contributed by atoms with van der Waals surface area (Å²) < 4.78 is 0. The van der Waals surface area contributed by atoms with E-state index >= 15 is 0 Å². The molecule has 5 heteroatoms. The first-order chi connectivity index (χ1) is 9.19. The molecule has 0 bridgehead atoms. The Labute approximate surface area is 119 Å². The van der Waals surface area contributed by atoms with Gasteiger partial charge in [-0.15, -0.1) is 0 Å². The molecule has 2 saturated heterocycles. The van der Waals surface area contributed by atoms with Crippen molar-refractivity contribution in [3.63, 3.8) is 0 Å². The van der Waals surface area contributed by atoms with E-state index in [4.69, 9.17) is 0 Å². The van der Waals surface area contributed by atoms with Crippen molar-refractivity contribution >= 4 is 23.5 Å². The second-order valence-electron chi connectivity index (χ2n) is 5.48. The summed E-state index contributed by atoms with van der Waals surface area (Å²) in [5, 5.41) is 0.757. The van der Waals surface area contributed by atoms with E-state index in [0.29, 0.717) is 38.3 Å². The number of likely N-dealkylation sites (tertiary alicyclic amines) is 2. The van der Waals surface area contributed by atoms with Gasteiger partial charge in [-0.25, -0.2) is 0 Å². The highest BCUT2D eigenvalue weighted by Gasteiger charge is 2.23. The number of carbonyl (C=O) groups excluding carboxylic acids is 2. The Morgan fingerprint density at radius 3 is 2.63 bits per heavy atom. The fourth-order valence-corrected chi connectivity index (χ4v) is 3.56. The molecule has 2 aliphatic heterocycles. The van der Waals surface area contributed by atoms with Crippen LogP contribution in [0.25, 0.3) is 0 Å². The van der Waals surface area contributed by atoms with Gasteiger partial charge in [0.05, 0.1) is 6.54 Å². The van der Waals surface area contributed by atoms with E-state index < -0.39 is 0 Å². The van der Waals surface area contributed by atoms with Gasteiger partial charge < -0.3 is 4.90 Å². The molecule has 0 aromatic carbocycles. The number of rotatable bonds is 3. The van der Waals surface area contributed by atoms with Crippen molar-refractivity contribution in [1.29, 1.82) is 0 Å². The number of Topliss-reactive ketones (excluding diaryl/α,β-unsaturated/α-hetero) is 1. The molecule has 1 amide bonds. The normalized spacial score (nSPS) is 26.3. The molecule has 0 saturated carbocycles. The van der Waals surface area contributed by atoms with Crippen molar-refractivity contribution in [3.05, 3.63) is 0 Å². The summed E-state index contributed by atoms with van der Waals surface area (Å²) in [5.74, 6) is 0.497. The Balaban J connectivity index is 1.77. The minimum Gasteiger partial charge on any atom is -0.341 e. The number of ketones is 1. The van der Waals surface area contributed by atoms with Gasteiger partial charge >= 0.3 is 0 Å². The molecule has 0 N–H and O–H groups in total. The van der Waals surface area contributed by atoms with Crippen molar-refractivity contribution < 1.29 is 9.59 Å². The second-order valence-corrected chi connectivity index (χ2v) is 6.62. The average molecular weight is 284 g/mol. The van der Waals surface area contributed by atoms with Crippen molar-refractivity contribution in [2.45, 2.75) is 37.4 Å². The van der Waals surface area contributed by atoms with E-state index in [2.05, 4.69) is 11.2 Å². The van der Waals surface area contributed by atoms with Crippen LogP contribution in [0.1, 0.15) is 32.1 Å². The lowest BCUT2D eigenvalue weighted by Crippen LogP contribution is -2.44. The maximum absolute atomic E-state index is 12.2. The molecular formula is C14H24N2O2S. The van der Waals surface area contributed by atoms with Gasteiger partial charge in [-0.05, 0) is 38.6 Å². The van der Waals surface area contributed by atoms with Crippen LogP contribution in [0.15, 0.2) is 0 Å². The van der Waals surface area contributed by atoms with Gasteiger partial charge in [0, 0.05) is 31.2 Å². The molecule has 0 radical (unpaired) electrons. The smallest absolute Gasteiger partial charge is 0.236 e. The highest BCUT2D eigenvalue weighted by molar-refractivity contribution is 7.99. The predicted octanol–water partition coefficient (Wildman–Crippen LogP) is 1.40. The highest BCUT2D eigenvalue weighted by atomic mass is 32.2. The molecule has 1 atom stereocenters. The first-order valence-corrected chi connectivity index (χ1v) is 8.52. The summed E-state index contributed by atoms with van der Waals surface area (Å²) in [6, 6.07) is 0. The molecule has 0 aliphatic carbocycles. The minimum absolute atomic E-state index is 0.204. The van der Waals surface area contributed by atoms with Gasteiger partial charge in [0.2, 0.25) is 5.91 Å². The van der Waals surface area contributed by atoms with Gasteiger partial charge in [0.1, 0.15) is 5.78 Å². The predicted molar refractivity (Wildman–Crippen MR) is 78.4 cm³/mol. The minimum atomic E-state index is 0.204. The number of thioether (sulfide) groups is 1. The lowest BCUT2D eigenvalue weighted by molar-refractivity contribution is -0.135. The lowest BCUT2D eigenvalue weighted by Gasteiger charge is -2.29. The van der Waals surface area contributed by atoms with Crippen LogP contribution in [-0.2, 0) is 9.59 Å². The van der Waals surface area contributed by atoms with Gasteiger partial charge in [0.15, 0.2) is 0 Å². The maximum Gasteiger partial charge on any atom is 0.236 e. The standard InChI is InChI=1S/C14H24N2O2S/c1-19-13-3-2-7-15(8-6-13)11-14(18)16-9-4-12(17)5-10-16/h13H,2-11H2,1H3. The Kier molecular flexibility index (Phi) is 5.70. The first kappa shape index (κ1) is 14.9. The van der Waals surface area contributed by atoms with Crippen molar-refractivity contribution in [2.24, 2.45) is 0 Å². The van der Waals surface area contributed by atoms with E-state index in [1.165, 1.54) is 19.3 Å². The summed E-state index contributed by atoms with van der Waals surface area (Å²) in [6.07, 6.45) is 6.91. The number of hydrogen-bond donors (Lipinski definition) is 0. The van der Waals surface area contributed by atoms with E-state index in [1.807, 2.05) is 16.7 Å². The number of amides is 1. The van der Waals surface area contributed by atoms with E-state index in [-0.39, 0.29) is 5.91 Å². The van der Waals surface area contributed by atoms with Gasteiger partial charge in [-0.3, -0.25) is 14.5 Å². The maximum atomic E-state index is 12.2. The molecule has 0 aromatic heterocycles. The summed E-state index contributed by atoms with van der Waals surface area (Å²) in [7, 11) is 0. The highest BCUT2D eigenvalue weighted by Crippen LogP contribution is 2.21. The molecule has 2 heterocycles. The molecule has 4 nitrogen and oxygen atoms in total. The van der Waals surface area contributed by atoms with Crippen LogP contribution in [0, 0.1) is 0 Å². The summed E-state index contributed by atoms with van der Waals surface area (Å²) in [4.78, 5) is 27.5. The van der Waals surface area contributed by atoms with Gasteiger partial charge in [-0.1, -0.05) is 0 Å². The van der Waals surface area contributed by atoms with Crippen LogP contribution >= 0.6 is 11.8 Å². The third-order valence-corrected chi connectivity index (χ3v) is 5.27. The van der Waals surface area contributed by atoms with E-state index in [9.17, 15) is 9.59 Å². The monoisotopic (exact) mass is 284 g/mol. The summed E-state index contributed by atoms with van der Waals surface area (Å²) in [6.45, 7) is 3.85. The van der Waals surface area contributed by atoms with Crippen LogP contribution in [0.2, 0.25) is 0 Å². The second kappa shape index (κ2) is 7.29. The molecular weight excluding hydrogens is 260 g/mol. The Bertz CT molecular complexity index is 325. The SMILES string of the molecule is CSC1CCCN(CC(=O)N2CCC(=O)CC2)CC1. The Hall–Kier alpha value is -0.550. The average Bonchev–Trinajstić information content (AvgIpc) is 2.64. The summed E-state index contributed by atoms with van der Waals surface area (Å²) >= 11 is 1.95. The fourth-order valence-electron chi connectivity index (χ4n) is 2.82. The number of nitrogens with zero attached hydrogens (tertiary/aromatic N) is 2. The van der Waals surface area contributed by atoms with Crippen LogP contribution in [-0.4, -0.2) is 65.7 Å². The Morgan fingerprint density at radius 2 is 1.95 bits per heavy atom. The van der Waals surface area contributed by atoms with Crippen LogP contribution in [0.3, 0.4) is 0 Å². The molecule has 0 spiro atoms. The van der Waals surface area contributed by atoms with E-state index in [0.717, 1.165) is 18.3 Å². The van der Waals surface area contributed by atoms with Crippen molar-refractivity contribution in [2.75, 3.05) is 39.0 Å². The molecule has 2 aliphatic rings. The van der Waals surface area contributed by atoms with Gasteiger partial charge in [-0.2, -0.15) is 11.8 Å². The van der Waals surface area contributed by atoms with Crippen LogP contribution in [0.4, 0.5) is 0 Å². The Morgan fingerprint density at radius 1 is 1.21 bits per heavy atom. The third-order valence-electron chi connectivity index (χ3n) is 4.13. The molecule has 19 heavy (non-hydrogen) atoms. The lowest BCUT2D eigenvalue weighted by atomic mass is 10.1. The largest absolute Gasteiger partial charge is 0.341 e. The van der Waals surface area contributed by atoms with Gasteiger partial charge in [0.25, 0.3) is 0 Å². The zero-order valence-electron chi connectivity index (χ0n) is 11.8. The van der Waals surface area contributed by atoms with Crippen molar-refractivity contribution in [1.82, 2.24) is 9.80 Å². The number of carbonyl (C=O) groups is 2. The number of hydrogen-bond acceptors (Lipinski definition) is 4. The first-order valence-electron chi connectivity index (χ1n) is 7.23. The van der Waals surface area contributed by atoms with E-state index in [1.54, 1.807) is 0 Å². The molecule has 108 valence electrons. The molecule has 0 aromatic rings. The van der Waals surface area contributed by atoms with Crippen LogP contribution < -0.4 is 0 Å². The zero-order valence-corrected chi connectivity index (χ0v) is 12.6. The zero-order chi connectivity index (χ0) is 13.7. The quantitative estimate of drug-likeness (QED) is 0.785. The third kappa shape index (κ3) is 4.49. The number of piperidine rings is 1. The van der Waals surface area contributed by atoms with Crippen molar-refractivity contribution in [3.8, 4) is 0 Å². The summed E-state index contributed by atoms with van der Waals surface area (Å²) in [5.41, 5.74) is 0.